The van der Waals surface area contributed by atoms with Crippen LogP contribution in [0.3, 0.4) is 0 Å². The standard InChI is InChI=1S/C20H33N5O.HI/c1-3-18-12-8-9-14-25(18)15-13-22-20(21-4-2)23-16-19(26)24-17-10-6-5-7-11-17;/h5-7,10-11,18H,3-4,8-9,12-16H2,1-2H3,(H,24,26)(H2,21,22,23);1H. The molecule has 27 heavy (non-hydrogen) atoms. The largest absolute Gasteiger partial charge is 0.357 e. The maximum absolute atomic E-state index is 12.0. The lowest BCUT2D eigenvalue weighted by Crippen LogP contribution is -2.46. The lowest BCUT2D eigenvalue weighted by atomic mass is 10.0. The molecule has 0 aliphatic carbocycles. The summed E-state index contributed by atoms with van der Waals surface area (Å²) in [5, 5.41) is 9.40. The molecule has 0 aromatic heterocycles. The Morgan fingerprint density at radius 1 is 1.19 bits per heavy atom. The Balaban J connectivity index is 0.00000364. The fourth-order valence-electron chi connectivity index (χ4n) is 3.35. The van der Waals surface area contributed by atoms with E-state index in [0.717, 1.165) is 25.3 Å². The van der Waals surface area contributed by atoms with Crippen LogP contribution in [0.15, 0.2) is 35.3 Å². The highest BCUT2D eigenvalue weighted by molar-refractivity contribution is 14.0. The van der Waals surface area contributed by atoms with Gasteiger partial charge in [0.05, 0.1) is 0 Å². The predicted octanol–water partition coefficient (Wildman–Crippen LogP) is 3.06. The van der Waals surface area contributed by atoms with Gasteiger partial charge in [-0.05, 0) is 44.9 Å². The van der Waals surface area contributed by atoms with Gasteiger partial charge in [-0.1, -0.05) is 31.5 Å². The van der Waals surface area contributed by atoms with E-state index in [-0.39, 0.29) is 36.4 Å². The van der Waals surface area contributed by atoms with Crippen LogP contribution in [0, 0.1) is 0 Å². The van der Waals surface area contributed by atoms with Gasteiger partial charge >= 0.3 is 0 Å². The molecule has 6 nitrogen and oxygen atoms in total. The number of anilines is 1. The van der Waals surface area contributed by atoms with Gasteiger partial charge in [0.25, 0.3) is 0 Å². The number of hydrogen-bond acceptors (Lipinski definition) is 3. The van der Waals surface area contributed by atoms with E-state index in [1.54, 1.807) is 0 Å². The second-order valence-electron chi connectivity index (χ2n) is 6.63. The molecule has 1 aliphatic heterocycles. The van der Waals surface area contributed by atoms with Crippen LogP contribution in [-0.2, 0) is 4.79 Å². The minimum absolute atomic E-state index is 0. The second-order valence-corrected chi connectivity index (χ2v) is 6.63. The number of piperidine rings is 1. The highest BCUT2D eigenvalue weighted by atomic mass is 127. The average molecular weight is 487 g/mol. The molecule has 1 heterocycles. The van der Waals surface area contributed by atoms with Gasteiger partial charge in [-0.3, -0.25) is 9.69 Å². The lowest BCUT2D eigenvalue weighted by molar-refractivity contribution is -0.114. The SMILES string of the molecule is CCNC(=NCC(=O)Nc1ccccc1)NCCN1CCCCC1CC.I. The third-order valence-corrected chi connectivity index (χ3v) is 4.69. The van der Waals surface area contributed by atoms with Gasteiger partial charge < -0.3 is 16.0 Å². The lowest BCUT2D eigenvalue weighted by Gasteiger charge is -2.35. The highest BCUT2D eigenvalue weighted by Crippen LogP contribution is 2.18. The van der Waals surface area contributed by atoms with Crippen molar-refractivity contribution in [2.45, 2.75) is 45.6 Å². The number of carbonyl (C=O) groups excluding carboxylic acids is 1. The van der Waals surface area contributed by atoms with Gasteiger partial charge in [0.2, 0.25) is 5.91 Å². The minimum Gasteiger partial charge on any atom is -0.357 e. The van der Waals surface area contributed by atoms with Gasteiger partial charge in [-0.2, -0.15) is 0 Å². The van der Waals surface area contributed by atoms with Gasteiger partial charge in [0.1, 0.15) is 6.54 Å². The highest BCUT2D eigenvalue weighted by Gasteiger charge is 2.19. The summed E-state index contributed by atoms with van der Waals surface area (Å²) in [5.41, 5.74) is 0.793. The summed E-state index contributed by atoms with van der Waals surface area (Å²) in [4.78, 5) is 19.0. The summed E-state index contributed by atoms with van der Waals surface area (Å²) in [5.74, 6) is 0.580. The number of nitrogens with one attached hydrogen (secondary N) is 3. The molecule has 1 amide bonds. The van der Waals surface area contributed by atoms with E-state index in [2.05, 4.69) is 32.8 Å². The third kappa shape index (κ3) is 8.92. The van der Waals surface area contributed by atoms with Crippen LogP contribution in [0.4, 0.5) is 5.69 Å². The van der Waals surface area contributed by atoms with Crippen LogP contribution in [0.1, 0.15) is 39.5 Å². The Morgan fingerprint density at radius 2 is 1.96 bits per heavy atom. The first-order valence-corrected chi connectivity index (χ1v) is 9.84. The van der Waals surface area contributed by atoms with Crippen LogP contribution in [0.5, 0.6) is 0 Å². The first-order valence-electron chi connectivity index (χ1n) is 9.84. The summed E-state index contributed by atoms with van der Waals surface area (Å²) in [6.07, 6.45) is 5.17. The molecule has 0 radical (unpaired) electrons. The molecule has 1 unspecified atom stereocenters. The van der Waals surface area contributed by atoms with Crippen molar-refractivity contribution >= 4 is 41.5 Å². The number of amides is 1. The van der Waals surface area contributed by atoms with E-state index >= 15 is 0 Å². The molecule has 1 saturated heterocycles. The topological polar surface area (TPSA) is 68.8 Å². The van der Waals surface area contributed by atoms with Gasteiger partial charge in [-0.15, -0.1) is 24.0 Å². The molecule has 1 aromatic rings. The Morgan fingerprint density at radius 3 is 2.67 bits per heavy atom. The van der Waals surface area contributed by atoms with Crippen LogP contribution in [0.2, 0.25) is 0 Å². The van der Waals surface area contributed by atoms with Crippen molar-refractivity contribution < 1.29 is 4.79 Å². The van der Waals surface area contributed by atoms with Crippen LogP contribution in [0.25, 0.3) is 0 Å². The van der Waals surface area contributed by atoms with Crippen LogP contribution >= 0.6 is 24.0 Å². The summed E-state index contributed by atoms with van der Waals surface area (Å²) in [7, 11) is 0. The van der Waals surface area contributed by atoms with Crippen molar-refractivity contribution in [2.75, 3.05) is 38.0 Å². The zero-order valence-corrected chi connectivity index (χ0v) is 18.9. The number of likely N-dealkylation sites (tertiary alicyclic amines) is 1. The zero-order chi connectivity index (χ0) is 18.6. The monoisotopic (exact) mass is 487 g/mol. The zero-order valence-electron chi connectivity index (χ0n) is 16.5. The maximum Gasteiger partial charge on any atom is 0.246 e. The molecule has 1 fully saturated rings. The number of rotatable bonds is 8. The summed E-state index contributed by atoms with van der Waals surface area (Å²) in [6, 6.07) is 10.2. The number of hydrogen-bond donors (Lipinski definition) is 3. The second kappa shape index (κ2) is 13.8. The van der Waals surface area contributed by atoms with Gasteiger partial charge in [-0.25, -0.2) is 4.99 Å². The van der Waals surface area contributed by atoms with Crippen molar-refractivity contribution in [2.24, 2.45) is 4.99 Å². The predicted molar refractivity (Wildman–Crippen MR) is 124 cm³/mol. The maximum atomic E-state index is 12.0. The number of nitrogens with zero attached hydrogens (tertiary/aromatic N) is 2. The molecule has 2 rings (SSSR count). The molecule has 1 aliphatic rings. The molecule has 0 spiro atoms. The normalized spacial score (nSPS) is 17.7. The molecular formula is C20H34IN5O. The molecule has 0 bridgehead atoms. The molecule has 3 N–H and O–H groups in total. The van der Waals surface area contributed by atoms with Crippen molar-refractivity contribution in [3.8, 4) is 0 Å². The number of carbonyl (C=O) groups is 1. The number of aliphatic imine (C=N–C) groups is 1. The summed E-state index contributed by atoms with van der Waals surface area (Å²) >= 11 is 0. The average Bonchev–Trinajstić information content (AvgIpc) is 2.67. The summed E-state index contributed by atoms with van der Waals surface area (Å²) in [6.45, 7) is 8.21. The van der Waals surface area contributed by atoms with Gasteiger partial charge in [0.15, 0.2) is 5.96 Å². The number of guanidine groups is 1. The number of benzene rings is 1. The van der Waals surface area contributed by atoms with Crippen molar-refractivity contribution in [1.29, 1.82) is 0 Å². The Hall–Kier alpha value is -1.35. The van der Waals surface area contributed by atoms with Crippen molar-refractivity contribution in [3.63, 3.8) is 0 Å². The molecule has 7 heteroatoms. The quantitative estimate of drug-likeness (QED) is 0.300. The van der Waals surface area contributed by atoms with E-state index in [1.165, 1.54) is 32.2 Å². The Labute approximate surface area is 180 Å². The number of halogens is 1. The fourth-order valence-corrected chi connectivity index (χ4v) is 3.35. The summed E-state index contributed by atoms with van der Waals surface area (Å²) < 4.78 is 0. The first kappa shape index (κ1) is 23.7. The Bertz CT molecular complexity index is 567. The third-order valence-electron chi connectivity index (χ3n) is 4.69. The van der Waals surface area contributed by atoms with E-state index in [1.807, 2.05) is 37.3 Å². The Kier molecular flexibility index (Phi) is 12.1. The fraction of sp³-hybridized carbons (Fsp3) is 0.600. The smallest absolute Gasteiger partial charge is 0.246 e. The van der Waals surface area contributed by atoms with Crippen molar-refractivity contribution in [3.05, 3.63) is 30.3 Å². The van der Waals surface area contributed by atoms with Crippen LogP contribution < -0.4 is 16.0 Å². The van der Waals surface area contributed by atoms with E-state index in [9.17, 15) is 4.79 Å². The minimum atomic E-state index is -0.115. The molecule has 1 atom stereocenters. The molecular weight excluding hydrogens is 453 g/mol. The first-order chi connectivity index (χ1) is 12.7. The molecule has 1 aromatic carbocycles. The molecule has 152 valence electrons. The van der Waals surface area contributed by atoms with Crippen molar-refractivity contribution in [1.82, 2.24) is 15.5 Å². The number of para-hydroxylation sites is 1. The van der Waals surface area contributed by atoms with E-state index in [0.29, 0.717) is 12.0 Å². The van der Waals surface area contributed by atoms with Gasteiger partial charge in [0, 0.05) is 31.4 Å². The van der Waals surface area contributed by atoms with E-state index in [4.69, 9.17) is 0 Å². The van der Waals surface area contributed by atoms with Crippen LogP contribution in [-0.4, -0.2) is 55.5 Å². The van der Waals surface area contributed by atoms with E-state index < -0.39 is 0 Å². The molecule has 0 saturated carbocycles.